The summed E-state index contributed by atoms with van der Waals surface area (Å²) >= 11 is 1.45. The van der Waals surface area contributed by atoms with Crippen LogP contribution in [0.2, 0.25) is 0 Å². The molecule has 0 aliphatic heterocycles. The molecule has 1 aromatic heterocycles. The zero-order valence-electron chi connectivity index (χ0n) is 13.8. The van der Waals surface area contributed by atoms with Gasteiger partial charge in [-0.25, -0.2) is 4.98 Å². The Bertz CT molecular complexity index is 792. The molecule has 2 aromatic carbocycles. The molecule has 0 fully saturated rings. The second kappa shape index (κ2) is 7.53. The second-order valence-corrected chi connectivity index (χ2v) is 6.92. The lowest BCUT2D eigenvalue weighted by atomic mass is 10.0. The molecule has 0 radical (unpaired) electrons. The summed E-state index contributed by atoms with van der Waals surface area (Å²) in [5.41, 5.74) is 3.71. The van der Waals surface area contributed by atoms with E-state index >= 15 is 0 Å². The van der Waals surface area contributed by atoms with Crippen LogP contribution in [-0.4, -0.2) is 16.6 Å². The maximum atomic E-state index is 12.0. The maximum absolute atomic E-state index is 12.0. The molecule has 0 saturated heterocycles. The Balaban J connectivity index is 1.48. The van der Waals surface area contributed by atoms with Crippen LogP contribution < -0.4 is 5.32 Å². The van der Waals surface area contributed by atoms with Crippen molar-refractivity contribution in [1.29, 1.82) is 0 Å². The average molecular weight is 340 g/mol. The number of para-hydroxylation sites is 2. The highest BCUT2D eigenvalue weighted by atomic mass is 32.2. The van der Waals surface area contributed by atoms with Crippen molar-refractivity contribution in [3.8, 4) is 0 Å². The van der Waals surface area contributed by atoms with Gasteiger partial charge in [0.15, 0.2) is 5.58 Å². The molecule has 5 heteroatoms. The Kier molecular flexibility index (Phi) is 5.20. The van der Waals surface area contributed by atoms with Gasteiger partial charge in [0, 0.05) is 17.9 Å². The summed E-state index contributed by atoms with van der Waals surface area (Å²) in [4.78, 5) is 16.4. The number of amides is 1. The maximum Gasteiger partial charge on any atom is 0.256 e. The Hall–Kier alpha value is -2.27. The predicted molar refractivity (Wildman–Crippen MR) is 98.5 cm³/mol. The van der Waals surface area contributed by atoms with Crippen LogP contribution in [0.1, 0.15) is 31.7 Å². The highest BCUT2D eigenvalue weighted by Crippen LogP contribution is 2.24. The van der Waals surface area contributed by atoms with Crippen molar-refractivity contribution in [2.45, 2.75) is 31.4 Å². The molecule has 1 heterocycles. The standard InChI is InChI=1S/C19H20N2O2S/c1-13(2)14-7-9-15(10-8-14)20-18(22)11-12-24-19-21-16-5-3-4-6-17(16)23-19/h3-10,13H,11-12H2,1-2H3,(H,20,22). The molecule has 1 amide bonds. The molecule has 0 bridgehead atoms. The first-order valence-electron chi connectivity index (χ1n) is 8.00. The number of fused-ring (bicyclic) bond motifs is 1. The van der Waals surface area contributed by atoms with Gasteiger partial charge >= 0.3 is 0 Å². The van der Waals surface area contributed by atoms with Crippen LogP contribution >= 0.6 is 11.8 Å². The van der Waals surface area contributed by atoms with E-state index in [9.17, 15) is 4.79 Å². The van der Waals surface area contributed by atoms with Gasteiger partial charge in [0.2, 0.25) is 5.91 Å². The van der Waals surface area contributed by atoms with E-state index in [1.165, 1.54) is 17.3 Å². The molecule has 4 nitrogen and oxygen atoms in total. The quantitative estimate of drug-likeness (QED) is 0.636. The van der Waals surface area contributed by atoms with Gasteiger partial charge in [-0.15, -0.1) is 0 Å². The summed E-state index contributed by atoms with van der Waals surface area (Å²) in [6.45, 7) is 4.30. The number of carbonyl (C=O) groups excluding carboxylic acids is 1. The number of rotatable bonds is 6. The highest BCUT2D eigenvalue weighted by molar-refractivity contribution is 7.99. The molecule has 124 valence electrons. The van der Waals surface area contributed by atoms with Crippen LogP contribution in [0, 0.1) is 0 Å². The number of oxazole rings is 1. The predicted octanol–water partition coefficient (Wildman–Crippen LogP) is 5.07. The molecule has 0 aliphatic rings. The van der Waals surface area contributed by atoms with E-state index in [1.807, 2.05) is 48.5 Å². The van der Waals surface area contributed by atoms with Gasteiger partial charge in [-0.1, -0.05) is 49.9 Å². The number of carbonyl (C=O) groups is 1. The molecule has 0 aliphatic carbocycles. The fourth-order valence-corrected chi connectivity index (χ4v) is 3.09. The topological polar surface area (TPSA) is 55.1 Å². The average Bonchev–Trinajstić information content (AvgIpc) is 2.98. The van der Waals surface area contributed by atoms with E-state index < -0.39 is 0 Å². The fourth-order valence-electron chi connectivity index (χ4n) is 2.32. The van der Waals surface area contributed by atoms with E-state index in [1.54, 1.807) is 0 Å². The molecule has 0 spiro atoms. The van der Waals surface area contributed by atoms with E-state index in [0.29, 0.717) is 23.3 Å². The Morgan fingerprint density at radius 3 is 2.62 bits per heavy atom. The van der Waals surface area contributed by atoms with Crippen LogP contribution in [0.5, 0.6) is 0 Å². The van der Waals surface area contributed by atoms with Crippen LogP contribution in [-0.2, 0) is 4.79 Å². The van der Waals surface area contributed by atoms with Crippen molar-refractivity contribution in [3.63, 3.8) is 0 Å². The molecule has 24 heavy (non-hydrogen) atoms. The van der Waals surface area contributed by atoms with Gasteiger partial charge < -0.3 is 9.73 Å². The largest absolute Gasteiger partial charge is 0.431 e. The first-order valence-corrected chi connectivity index (χ1v) is 8.98. The third-order valence-electron chi connectivity index (χ3n) is 3.69. The molecule has 3 rings (SSSR count). The molecule has 1 N–H and O–H groups in total. The van der Waals surface area contributed by atoms with Crippen molar-refractivity contribution in [2.75, 3.05) is 11.1 Å². The number of aromatic nitrogens is 1. The lowest BCUT2D eigenvalue weighted by Crippen LogP contribution is -2.12. The van der Waals surface area contributed by atoms with Gasteiger partial charge in [-0.05, 0) is 35.7 Å². The van der Waals surface area contributed by atoms with E-state index in [4.69, 9.17) is 4.42 Å². The molecular weight excluding hydrogens is 320 g/mol. The monoisotopic (exact) mass is 340 g/mol. The molecular formula is C19H20N2O2S. The zero-order valence-corrected chi connectivity index (χ0v) is 14.6. The smallest absolute Gasteiger partial charge is 0.256 e. The van der Waals surface area contributed by atoms with Gasteiger partial charge in [0.05, 0.1) is 0 Å². The minimum absolute atomic E-state index is 0.00379. The van der Waals surface area contributed by atoms with E-state index in [0.717, 1.165) is 16.8 Å². The highest BCUT2D eigenvalue weighted by Gasteiger charge is 2.08. The Morgan fingerprint density at radius 1 is 1.17 bits per heavy atom. The summed E-state index contributed by atoms with van der Waals surface area (Å²) < 4.78 is 5.62. The number of hydrogen-bond donors (Lipinski definition) is 1. The minimum Gasteiger partial charge on any atom is -0.431 e. The van der Waals surface area contributed by atoms with Crippen molar-refractivity contribution in [3.05, 3.63) is 54.1 Å². The van der Waals surface area contributed by atoms with Crippen molar-refractivity contribution in [1.82, 2.24) is 4.98 Å². The molecule has 0 atom stereocenters. The number of anilines is 1. The van der Waals surface area contributed by atoms with Crippen molar-refractivity contribution >= 4 is 34.5 Å². The number of hydrogen-bond acceptors (Lipinski definition) is 4. The lowest BCUT2D eigenvalue weighted by molar-refractivity contribution is -0.115. The number of benzene rings is 2. The second-order valence-electron chi connectivity index (χ2n) is 5.87. The normalized spacial score (nSPS) is 11.1. The van der Waals surface area contributed by atoms with E-state index in [-0.39, 0.29) is 5.91 Å². The third-order valence-corrected chi connectivity index (χ3v) is 4.52. The van der Waals surface area contributed by atoms with Crippen LogP contribution in [0.15, 0.2) is 58.2 Å². The van der Waals surface area contributed by atoms with Gasteiger partial charge in [0.25, 0.3) is 5.22 Å². The molecule has 0 unspecified atom stereocenters. The SMILES string of the molecule is CC(C)c1ccc(NC(=O)CCSc2nc3ccccc3o2)cc1. The van der Waals surface area contributed by atoms with E-state index in [2.05, 4.69) is 24.1 Å². The third kappa shape index (κ3) is 4.17. The minimum atomic E-state index is -0.00379. The zero-order chi connectivity index (χ0) is 16.9. The van der Waals surface area contributed by atoms with Crippen molar-refractivity contribution < 1.29 is 9.21 Å². The fraction of sp³-hybridized carbons (Fsp3) is 0.263. The summed E-state index contributed by atoms with van der Waals surface area (Å²) in [5, 5.41) is 3.52. The number of thioether (sulfide) groups is 1. The van der Waals surface area contributed by atoms with Crippen LogP contribution in [0.25, 0.3) is 11.1 Å². The molecule has 3 aromatic rings. The summed E-state index contributed by atoms with van der Waals surface area (Å²) in [5.74, 6) is 1.11. The van der Waals surface area contributed by atoms with Gasteiger partial charge in [-0.2, -0.15) is 0 Å². The number of nitrogens with zero attached hydrogens (tertiary/aromatic N) is 1. The summed E-state index contributed by atoms with van der Waals surface area (Å²) in [6, 6.07) is 15.6. The summed E-state index contributed by atoms with van der Waals surface area (Å²) in [7, 11) is 0. The van der Waals surface area contributed by atoms with Crippen LogP contribution in [0.4, 0.5) is 5.69 Å². The molecule has 0 saturated carbocycles. The van der Waals surface area contributed by atoms with Crippen LogP contribution in [0.3, 0.4) is 0 Å². The first kappa shape index (κ1) is 16.6. The summed E-state index contributed by atoms with van der Waals surface area (Å²) in [6.07, 6.45) is 0.412. The number of nitrogens with one attached hydrogen (secondary N) is 1. The first-order chi connectivity index (χ1) is 11.6. The Labute approximate surface area is 145 Å². The van der Waals surface area contributed by atoms with Gasteiger partial charge in [-0.3, -0.25) is 4.79 Å². The Morgan fingerprint density at radius 2 is 1.92 bits per heavy atom. The van der Waals surface area contributed by atoms with Gasteiger partial charge in [0.1, 0.15) is 5.52 Å². The lowest BCUT2D eigenvalue weighted by Gasteiger charge is -2.08. The van der Waals surface area contributed by atoms with Crippen molar-refractivity contribution in [2.24, 2.45) is 0 Å².